The highest BCUT2D eigenvalue weighted by molar-refractivity contribution is 5.90. The average Bonchev–Trinajstić information content (AvgIpc) is 2.28. The van der Waals surface area contributed by atoms with Crippen LogP contribution < -0.4 is 5.32 Å². The fourth-order valence-corrected chi connectivity index (χ4v) is 1.93. The predicted molar refractivity (Wildman–Crippen MR) is 68.2 cm³/mol. The van der Waals surface area contributed by atoms with Crippen molar-refractivity contribution in [3.8, 4) is 0 Å². The second-order valence-electron chi connectivity index (χ2n) is 4.48. The van der Waals surface area contributed by atoms with Gasteiger partial charge in [0.1, 0.15) is 0 Å². The van der Waals surface area contributed by atoms with Crippen molar-refractivity contribution in [1.82, 2.24) is 0 Å². The Morgan fingerprint density at radius 3 is 2.94 bits per heavy atom. The maximum atomic E-state index is 11.6. The summed E-state index contributed by atoms with van der Waals surface area (Å²) < 4.78 is 4.97. The molecule has 0 heterocycles. The molecule has 17 heavy (non-hydrogen) atoms. The van der Waals surface area contributed by atoms with E-state index in [0.717, 1.165) is 18.2 Å². The second kappa shape index (κ2) is 5.71. The van der Waals surface area contributed by atoms with E-state index in [1.165, 1.54) is 19.3 Å². The Balaban J connectivity index is 1.92. The van der Waals surface area contributed by atoms with Crippen molar-refractivity contribution < 1.29 is 9.53 Å². The van der Waals surface area contributed by atoms with E-state index in [1.54, 1.807) is 6.07 Å². The minimum Gasteiger partial charge on any atom is -0.462 e. The topological polar surface area (TPSA) is 38.3 Å². The van der Waals surface area contributed by atoms with Gasteiger partial charge >= 0.3 is 5.97 Å². The quantitative estimate of drug-likeness (QED) is 0.794. The van der Waals surface area contributed by atoms with E-state index in [-0.39, 0.29) is 5.97 Å². The largest absolute Gasteiger partial charge is 0.462 e. The zero-order chi connectivity index (χ0) is 12.1. The number of ether oxygens (including phenoxy) is 1. The van der Waals surface area contributed by atoms with E-state index in [0.29, 0.717) is 12.2 Å². The lowest BCUT2D eigenvalue weighted by molar-refractivity contribution is 0.0526. The molecule has 3 heteroatoms. The number of esters is 1. The van der Waals surface area contributed by atoms with Gasteiger partial charge in [0.15, 0.2) is 0 Å². The maximum absolute atomic E-state index is 11.6. The van der Waals surface area contributed by atoms with Crippen molar-refractivity contribution in [3.63, 3.8) is 0 Å². The monoisotopic (exact) mass is 233 g/mol. The number of carbonyl (C=O) groups excluding carboxylic acids is 1. The lowest BCUT2D eigenvalue weighted by atomic mass is 9.85. The Morgan fingerprint density at radius 2 is 2.29 bits per heavy atom. The summed E-state index contributed by atoms with van der Waals surface area (Å²) in [5.74, 6) is 0.557. The van der Waals surface area contributed by atoms with Gasteiger partial charge in [0.2, 0.25) is 0 Å². The molecule has 3 nitrogen and oxygen atoms in total. The van der Waals surface area contributed by atoms with Crippen molar-refractivity contribution in [2.24, 2.45) is 5.92 Å². The summed E-state index contributed by atoms with van der Waals surface area (Å²) in [4.78, 5) is 11.6. The Labute approximate surface area is 102 Å². The normalized spacial score (nSPS) is 15.1. The summed E-state index contributed by atoms with van der Waals surface area (Å²) in [6.07, 6.45) is 4.00. The molecule has 0 aromatic heterocycles. The van der Waals surface area contributed by atoms with Crippen LogP contribution in [-0.4, -0.2) is 19.1 Å². The zero-order valence-electron chi connectivity index (χ0n) is 10.2. The Kier molecular flexibility index (Phi) is 4.02. The third-order valence-corrected chi connectivity index (χ3v) is 3.19. The molecule has 2 rings (SSSR count). The first-order valence-corrected chi connectivity index (χ1v) is 6.30. The first kappa shape index (κ1) is 12.0. The molecule has 0 spiro atoms. The smallest absolute Gasteiger partial charge is 0.338 e. The zero-order valence-corrected chi connectivity index (χ0v) is 10.2. The molecule has 0 atom stereocenters. The van der Waals surface area contributed by atoms with E-state index < -0.39 is 0 Å². The lowest BCUT2D eigenvalue weighted by Gasteiger charge is -2.25. The molecular formula is C14H19NO2. The van der Waals surface area contributed by atoms with Crippen molar-refractivity contribution in [1.29, 1.82) is 0 Å². The van der Waals surface area contributed by atoms with Crippen LogP contribution in [-0.2, 0) is 4.74 Å². The summed E-state index contributed by atoms with van der Waals surface area (Å²) in [6, 6.07) is 7.51. The van der Waals surface area contributed by atoms with Gasteiger partial charge in [-0.2, -0.15) is 0 Å². The highest BCUT2D eigenvalue weighted by Gasteiger charge is 2.16. The van der Waals surface area contributed by atoms with Crippen LogP contribution in [0.15, 0.2) is 24.3 Å². The first-order valence-electron chi connectivity index (χ1n) is 6.30. The summed E-state index contributed by atoms with van der Waals surface area (Å²) >= 11 is 0. The van der Waals surface area contributed by atoms with Crippen LogP contribution in [0.4, 0.5) is 5.69 Å². The molecule has 1 saturated carbocycles. The Hall–Kier alpha value is -1.51. The third-order valence-electron chi connectivity index (χ3n) is 3.19. The number of hydrogen-bond acceptors (Lipinski definition) is 3. The van der Waals surface area contributed by atoms with Crippen molar-refractivity contribution in [2.45, 2.75) is 26.2 Å². The van der Waals surface area contributed by atoms with Gasteiger partial charge in [0.25, 0.3) is 0 Å². The fraction of sp³-hybridized carbons (Fsp3) is 0.500. The van der Waals surface area contributed by atoms with Crippen molar-refractivity contribution in [3.05, 3.63) is 29.8 Å². The summed E-state index contributed by atoms with van der Waals surface area (Å²) in [5, 5.41) is 3.38. The van der Waals surface area contributed by atoms with Crippen LogP contribution in [0.2, 0.25) is 0 Å². The number of carbonyl (C=O) groups is 1. The fourth-order valence-electron chi connectivity index (χ4n) is 1.93. The minimum absolute atomic E-state index is 0.250. The van der Waals surface area contributed by atoms with Gasteiger partial charge in [-0.1, -0.05) is 12.5 Å². The molecule has 1 fully saturated rings. The van der Waals surface area contributed by atoms with Gasteiger partial charge in [0, 0.05) is 12.2 Å². The average molecular weight is 233 g/mol. The molecule has 0 aliphatic heterocycles. The number of hydrogen-bond donors (Lipinski definition) is 1. The highest BCUT2D eigenvalue weighted by atomic mass is 16.5. The van der Waals surface area contributed by atoms with Crippen LogP contribution in [0.1, 0.15) is 36.5 Å². The molecule has 0 saturated heterocycles. The van der Waals surface area contributed by atoms with Gasteiger partial charge in [-0.25, -0.2) is 4.79 Å². The second-order valence-corrected chi connectivity index (χ2v) is 4.48. The molecule has 0 radical (unpaired) electrons. The standard InChI is InChI=1S/C14H19NO2/c1-2-17-14(16)12-7-4-8-13(9-12)15-10-11-5-3-6-11/h4,7-9,11,15H,2-3,5-6,10H2,1H3. The van der Waals surface area contributed by atoms with Gasteiger partial charge in [-0.05, 0) is 43.9 Å². The van der Waals surface area contributed by atoms with Crippen molar-refractivity contribution in [2.75, 3.05) is 18.5 Å². The van der Waals surface area contributed by atoms with E-state index in [1.807, 2.05) is 25.1 Å². The predicted octanol–water partition coefficient (Wildman–Crippen LogP) is 3.08. The molecule has 1 N–H and O–H groups in total. The summed E-state index contributed by atoms with van der Waals surface area (Å²) in [5.41, 5.74) is 1.62. The molecule has 0 amide bonds. The maximum Gasteiger partial charge on any atom is 0.338 e. The van der Waals surface area contributed by atoms with Crippen LogP contribution in [0.5, 0.6) is 0 Å². The molecule has 1 aromatic rings. The molecule has 0 unspecified atom stereocenters. The molecule has 0 bridgehead atoms. The van der Waals surface area contributed by atoms with Gasteiger partial charge in [-0.3, -0.25) is 0 Å². The number of rotatable bonds is 5. The van der Waals surface area contributed by atoms with Crippen LogP contribution in [0.3, 0.4) is 0 Å². The highest BCUT2D eigenvalue weighted by Crippen LogP contribution is 2.26. The molecule has 1 aromatic carbocycles. The lowest BCUT2D eigenvalue weighted by Crippen LogP contribution is -2.21. The Bertz CT molecular complexity index is 386. The summed E-state index contributed by atoms with van der Waals surface area (Å²) in [6.45, 7) is 3.24. The van der Waals surface area contributed by atoms with Crippen molar-refractivity contribution >= 4 is 11.7 Å². The number of benzene rings is 1. The number of anilines is 1. The van der Waals surface area contributed by atoms with E-state index in [4.69, 9.17) is 4.74 Å². The molecular weight excluding hydrogens is 214 g/mol. The Morgan fingerprint density at radius 1 is 1.47 bits per heavy atom. The van der Waals surface area contributed by atoms with Gasteiger partial charge in [0.05, 0.1) is 12.2 Å². The van der Waals surface area contributed by atoms with E-state index in [2.05, 4.69) is 5.32 Å². The van der Waals surface area contributed by atoms with Gasteiger partial charge < -0.3 is 10.1 Å². The van der Waals surface area contributed by atoms with Crippen LogP contribution in [0.25, 0.3) is 0 Å². The van der Waals surface area contributed by atoms with Crippen LogP contribution >= 0.6 is 0 Å². The third kappa shape index (κ3) is 3.22. The number of nitrogens with one attached hydrogen (secondary N) is 1. The van der Waals surface area contributed by atoms with Crippen LogP contribution in [0, 0.1) is 5.92 Å². The van der Waals surface area contributed by atoms with E-state index >= 15 is 0 Å². The molecule has 92 valence electrons. The van der Waals surface area contributed by atoms with Gasteiger partial charge in [-0.15, -0.1) is 0 Å². The molecule has 1 aliphatic rings. The molecule has 1 aliphatic carbocycles. The summed E-state index contributed by atoms with van der Waals surface area (Å²) in [7, 11) is 0. The first-order chi connectivity index (χ1) is 8.29. The SMILES string of the molecule is CCOC(=O)c1cccc(NCC2CCC2)c1. The van der Waals surface area contributed by atoms with E-state index in [9.17, 15) is 4.79 Å². The minimum atomic E-state index is -0.250.